The topological polar surface area (TPSA) is 125 Å². The molecule has 0 saturated heterocycles. The van der Waals surface area contributed by atoms with E-state index in [-0.39, 0.29) is 13.2 Å². The lowest BCUT2D eigenvalue weighted by Crippen LogP contribution is -2.49. The smallest absolute Gasteiger partial charge is 0.326 e. The molecular weight excluding hydrogens is 272 g/mol. The van der Waals surface area contributed by atoms with Crippen LogP contribution in [0.1, 0.15) is 6.42 Å². The highest BCUT2D eigenvalue weighted by Crippen LogP contribution is 1.98. The molecule has 0 aromatic carbocycles. The number of rotatable bonds is 8. The van der Waals surface area contributed by atoms with Crippen molar-refractivity contribution < 1.29 is 34.1 Å². The van der Waals surface area contributed by atoms with Gasteiger partial charge in [0.2, 0.25) is 0 Å². The van der Waals surface area contributed by atoms with Crippen molar-refractivity contribution in [3.8, 4) is 0 Å². The van der Waals surface area contributed by atoms with Crippen LogP contribution in [0.25, 0.3) is 0 Å². The van der Waals surface area contributed by atoms with Gasteiger partial charge in [-0.25, -0.2) is 9.59 Å². The molecule has 0 saturated carbocycles. The Morgan fingerprint density at radius 1 is 1.30 bits per heavy atom. The molecule has 0 aliphatic carbocycles. The Kier molecular flexibility index (Phi) is 8.25. The predicted octanol–water partition coefficient (Wildman–Crippen LogP) is -1.35. The van der Waals surface area contributed by atoms with Crippen molar-refractivity contribution in [3.05, 3.63) is 0 Å². The van der Waals surface area contributed by atoms with Crippen LogP contribution in [-0.4, -0.2) is 79.6 Å². The number of carboxylic acids is 1. The lowest BCUT2D eigenvalue weighted by atomic mass is 10.2. The minimum Gasteiger partial charge on any atom is -0.480 e. The van der Waals surface area contributed by atoms with Crippen molar-refractivity contribution in [2.45, 2.75) is 18.6 Å². The second kappa shape index (κ2) is 9.10. The maximum Gasteiger partial charge on any atom is 0.326 e. The summed E-state index contributed by atoms with van der Waals surface area (Å²) in [5.74, 6) is -2.10. The number of amides is 2. The van der Waals surface area contributed by atoms with Crippen molar-refractivity contribution in [2.75, 3.05) is 34.4 Å². The molecule has 2 amide bonds. The van der Waals surface area contributed by atoms with Gasteiger partial charge in [0.15, 0.2) is 0 Å². The summed E-state index contributed by atoms with van der Waals surface area (Å²) in [5.41, 5.74) is 0. The Morgan fingerprint density at radius 3 is 2.35 bits per heavy atom. The van der Waals surface area contributed by atoms with Crippen LogP contribution in [-0.2, 0) is 19.1 Å². The van der Waals surface area contributed by atoms with Gasteiger partial charge < -0.3 is 29.9 Å². The van der Waals surface area contributed by atoms with Crippen LogP contribution < -0.4 is 5.32 Å². The van der Waals surface area contributed by atoms with E-state index in [9.17, 15) is 19.5 Å². The highest BCUT2D eigenvalue weighted by Gasteiger charge is 2.25. The van der Waals surface area contributed by atoms with E-state index in [2.05, 4.69) is 10.1 Å². The zero-order valence-electron chi connectivity index (χ0n) is 11.7. The number of aliphatic hydroxyl groups is 1. The third-order valence-corrected chi connectivity index (χ3v) is 2.38. The van der Waals surface area contributed by atoms with E-state index in [1.165, 1.54) is 14.2 Å². The Hall–Kier alpha value is -1.87. The van der Waals surface area contributed by atoms with Gasteiger partial charge in [-0.05, 0) is 0 Å². The molecule has 3 N–H and O–H groups in total. The maximum atomic E-state index is 11.7. The number of esters is 1. The molecule has 116 valence electrons. The minimum absolute atomic E-state index is 0.0375. The minimum atomic E-state index is -1.39. The first kappa shape index (κ1) is 18.1. The summed E-state index contributed by atoms with van der Waals surface area (Å²) in [6.45, 7) is 0.00633. The first-order valence-corrected chi connectivity index (χ1v) is 5.80. The van der Waals surface area contributed by atoms with Crippen LogP contribution in [0, 0.1) is 0 Å². The van der Waals surface area contributed by atoms with E-state index in [1.807, 2.05) is 0 Å². The van der Waals surface area contributed by atoms with E-state index < -0.39 is 36.5 Å². The Labute approximate surface area is 116 Å². The third kappa shape index (κ3) is 6.90. The average molecular weight is 292 g/mol. The number of nitrogens with zero attached hydrogens (tertiary/aromatic N) is 1. The maximum absolute atomic E-state index is 11.7. The summed E-state index contributed by atoms with van der Waals surface area (Å²) >= 11 is 0. The first-order chi connectivity index (χ1) is 9.31. The van der Waals surface area contributed by atoms with Crippen LogP contribution in [0.15, 0.2) is 0 Å². The number of ether oxygens (including phenoxy) is 2. The normalized spacial score (nSPS) is 13.2. The molecule has 0 bridgehead atoms. The third-order valence-electron chi connectivity index (χ3n) is 2.38. The van der Waals surface area contributed by atoms with Gasteiger partial charge in [-0.2, -0.15) is 0 Å². The average Bonchev–Trinajstić information content (AvgIpc) is 2.37. The van der Waals surface area contributed by atoms with Crippen molar-refractivity contribution in [3.63, 3.8) is 0 Å². The molecule has 0 rings (SSSR count). The zero-order chi connectivity index (χ0) is 15.7. The van der Waals surface area contributed by atoms with Gasteiger partial charge in [-0.15, -0.1) is 0 Å². The van der Waals surface area contributed by atoms with Gasteiger partial charge in [0, 0.05) is 14.2 Å². The SMILES string of the molecule is COCC(O)CN(C)C(=O)N[C@@H](CC(=O)OC)C(=O)O. The molecule has 0 aromatic rings. The molecule has 0 aromatic heterocycles. The van der Waals surface area contributed by atoms with E-state index in [0.29, 0.717) is 0 Å². The number of aliphatic carboxylic acids is 1. The number of carboxylic acid groups (broad SMARTS) is 1. The monoisotopic (exact) mass is 292 g/mol. The van der Waals surface area contributed by atoms with Gasteiger partial charge >= 0.3 is 18.0 Å². The number of carbonyl (C=O) groups excluding carboxylic acids is 2. The number of methoxy groups -OCH3 is 2. The number of hydrogen-bond acceptors (Lipinski definition) is 6. The fourth-order valence-electron chi connectivity index (χ4n) is 1.35. The molecule has 9 heteroatoms. The second-order valence-corrected chi connectivity index (χ2v) is 4.11. The largest absolute Gasteiger partial charge is 0.480 e. The van der Waals surface area contributed by atoms with E-state index >= 15 is 0 Å². The Balaban J connectivity index is 4.44. The summed E-state index contributed by atoms with van der Waals surface area (Å²) in [6, 6.07) is -2.12. The van der Waals surface area contributed by atoms with Gasteiger partial charge in [0.1, 0.15) is 6.04 Å². The first-order valence-electron chi connectivity index (χ1n) is 5.80. The van der Waals surface area contributed by atoms with Crippen molar-refractivity contribution >= 4 is 18.0 Å². The highest BCUT2D eigenvalue weighted by atomic mass is 16.5. The molecule has 0 aliphatic heterocycles. The molecule has 20 heavy (non-hydrogen) atoms. The molecule has 0 heterocycles. The number of nitrogens with one attached hydrogen (secondary N) is 1. The van der Waals surface area contributed by atoms with Crippen molar-refractivity contribution in [1.82, 2.24) is 10.2 Å². The molecule has 2 atom stereocenters. The number of carbonyl (C=O) groups is 3. The summed E-state index contributed by atoms with van der Waals surface area (Å²) < 4.78 is 9.05. The summed E-state index contributed by atoms with van der Waals surface area (Å²) in [5, 5.41) is 20.5. The molecule has 9 nitrogen and oxygen atoms in total. The quantitative estimate of drug-likeness (QED) is 0.472. The molecule has 0 radical (unpaired) electrons. The Morgan fingerprint density at radius 2 is 1.90 bits per heavy atom. The lowest BCUT2D eigenvalue weighted by molar-refractivity contribution is -0.147. The second-order valence-electron chi connectivity index (χ2n) is 4.11. The fourth-order valence-corrected chi connectivity index (χ4v) is 1.35. The van der Waals surface area contributed by atoms with E-state index in [0.717, 1.165) is 12.0 Å². The summed E-state index contributed by atoms with van der Waals surface area (Å²) in [4.78, 5) is 34.8. The Bertz CT molecular complexity index is 348. The van der Waals surface area contributed by atoms with E-state index in [1.54, 1.807) is 0 Å². The van der Waals surface area contributed by atoms with Gasteiger partial charge in [0.05, 0.1) is 32.8 Å². The predicted molar refractivity (Wildman–Crippen MR) is 67.1 cm³/mol. The van der Waals surface area contributed by atoms with E-state index in [4.69, 9.17) is 9.84 Å². The van der Waals surface area contributed by atoms with Crippen molar-refractivity contribution in [1.29, 1.82) is 0 Å². The van der Waals surface area contributed by atoms with Gasteiger partial charge in [-0.1, -0.05) is 0 Å². The lowest BCUT2D eigenvalue weighted by Gasteiger charge is -2.23. The van der Waals surface area contributed by atoms with Gasteiger partial charge in [0.25, 0.3) is 0 Å². The number of likely N-dealkylation sites (N-methyl/N-ethyl adjacent to an activating group) is 1. The molecule has 0 aliphatic rings. The molecule has 1 unspecified atom stereocenters. The van der Waals surface area contributed by atoms with Crippen LogP contribution >= 0.6 is 0 Å². The molecule has 0 fully saturated rings. The summed E-state index contributed by atoms with van der Waals surface area (Å²) in [6.07, 6.45) is -1.37. The standard InChI is InChI=1S/C11H20N2O7/c1-13(5-7(14)6-19-2)11(18)12-8(10(16)17)4-9(15)20-3/h7-8,14H,4-6H2,1-3H3,(H,12,18)(H,16,17)/t7?,8-/m0/s1. The van der Waals surface area contributed by atoms with Gasteiger partial charge in [-0.3, -0.25) is 4.79 Å². The zero-order valence-corrected chi connectivity index (χ0v) is 11.7. The fraction of sp³-hybridized carbons (Fsp3) is 0.727. The molecular formula is C11H20N2O7. The van der Waals surface area contributed by atoms with Crippen LogP contribution in [0.3, 0.4) is 0 Å². The van der Waals surface area contributed by atoms with Crippen molar-refractivity contribution in [2.24, 2.45) is 0 Å². The van der Waals surface area contributed by atoms with Crippen LogP contribution in [0.2, 0.25) is 0 Å². The number of urea groups is 1. The number of aliphatic hydroxyl groups excluding tert-OH is 1. The summed E-state index contributed by atoms with van der Waals surface area (Å²) in [7, 11) is 3.90. The highest BCUT2D eigenvalue weighted by molar-refractivity contribution is 5.86. The number of hydrogen-bond donors (Lipinski definition) is 3. The van der Waals surface area contributed by atoms with Crippen LogP contribution in [0.4, 0.5) is 4.79 Å². The van der Waals surface area contributed by atoms with Crippen LogP contribution in [0.5, 0.6) is 0 Å². The molecule has 0 spiro atoms.